The van der Waals surface area contributed by atoms with Crippen molar-refractivity contribution in [2.24, 2.45) is 0 Å². The molecule has 0 spiro atoms. The maximum atomic E-state index is 13.8. The lowest BCUT2D eigenvalue weighted by atomic mass is 10.0. The number of nitrogens with zero attached hydrogens (tertiary/aromatic N) is 5. The number of tetrazole rings is 1. The standard InChI is InChI=1S/C26H31FN6O5/c1-17-6-11-22(38-17)25-29-31-33(30-25)16-23(34)32(15-21-5-3-13-37-21)24(18-7-9-19(27)10-8-18)26(35)28-14-20-4-2-12-36-20/h6-11,20-21,24H,2-5,12-16H2,1H3,(H,28,35). The molecule has 2 fully saturated rings. The Morgan fingerprint density at radius 2 is 1.84 bits per heavy atom. The number of benzene rings is 1. The van der Waals surface area contributed by atoms with E-state index in [-0.39, 0.29) is 37.0 Å². The van der Waals surface area contributed by atoms with Crippen molar-refractivity contribution in [1.29, 1.82) is 0 Å². The minimum absolute atomic E-state index is 0.0712. The summed E-state index contributed by atoms with van der Waals surface area (Å²) in [5.41, 5.74) is 0.487. The number of amides is 2. The molecule has 3 unspecified atom stereocenters. The molecule has 38 heavy (non-hydrogen) atoms. The zero-order chi connectivity index (χ0) is 26.5. The summed E-state index contributed by atoms with van der Waals surface area (Å²) in [6.07, 6.45) is 3.14. The van der Waals surface area contributed by atoms with Crippen molar-refractivity contribution < 1.29 is 27.9 Å². The smallest absolute Gasteiger partial charge is 0.247 e. The van der Waals surface area contributed by atoms with Crippen LogP contribution in [-0.4, -0.2) is 75.4 Å². The van der Waals surface area contributed by atoms with Gasteiger partial charge in [0.2, 0.25) is 17.6 Å². The van der Waals surface area contributed by atoms with Gasteiger partial charge in [0.05, 0.1) is 12.2 Å². The molecule has 2 amide bonds. The monoisotopic (exact) mass is 526 g/mol. The molecule has 0 radical (unpaired) electrons. The largest absolute Gasteiger partial charge is 0.458 e. The lowest BCUT2D eigenvalue weighted by Crippen LogP contribution is -2.48. The summed E-state index contributed by atoms with van der Waals surface area (Å²) in [6, 6.07) is 8.10. The fourth-order valence-corrected chi connectivity index (χ4v) is 4.77. The Bertz CT molecular complexity index is 1230. The predicted octanol–water partition coefficient (Wildman–Crippen LogP) is 2.42. The summed E-state index contributed by atoms with van der Waals surface area (Å²) in [4.78, 5) is 30.0. The summed E-state index contributed by atoms with van der Waals surface area (Å²) in [5, 5.41) is 15.2. The van der Waals surface area contributed by atoms with Crippen LogP contribution < -0.4 is 5.32 Å². The van der Waals surface area contributed by atoms with Gasteiger partial charge in [0.25, 0.3) is 0 Å². The van der Waals surface area contributed by atoms with Crippen molar-refractivity contribution in [1.82, 2.24) is 30.4 Å². The molecule has 2 saturated heterocycles. The first-order valence-electron chi connectivity index (χ1n) is 12.9. The van der Waals surface area contributed by atoms with Crippen molar-refractivity contribution in [3.8, 4) is 11.6 Å². The summed E-state index contributed by atoms with van der Waals surface area (Å²) < 4.78 is 30.8. The van der Waals surface area contributed by atoms with Crippen molar-refractivity contribution in [3.05, 3.63) is 53.5 Å². The SMILES string of the molecule is Cc1ccc(-c2nnn(CC(=O)N(CC3CCCO3)C(C(=O)NCC3CCCO3)c3ccc(F)cc3)n2)o1. The Kier molecular flexibility index (Phi) is 8.08. The van der Waals surface area contributed by atoms with Gasteiger partial charge in [0.15, 0.2) is 5.76 Å². The van der Waals surface area contributed by atoms with Crippen LogP contribution in [0.2, 0.25) is 0 Å². The van der Waals surface area contributed by atoms with E-state index in [0.717, 1.165) is 25.7 Å². The van der Waals surface area contributed by atoms with E-state index in [4.69, 9.17) is 13.9 Å². The van der Waals surface area contributed by atoms with E-state index in [1.54, 1.807) is 19.1 Å². The summed E-state index contributed by atoms with van der Waals surface area (Å²) >= 11 is 0. The molecule has 1 N–H and O–H groups in total. The summed E-state index contributed by atoms with van der Waals surface area (Å²) in [5.74, 6) is 0.178. The van der Waals surface area contributed by atoms with Crippen molar-refractivity contribution in [2.75, 3.05) is 26.3 Å². The molecule has 5 rings (SSSR count). The van der Waals surface area contributed by atoms with Gasteiger partial charge in [0.1, 0.15) is 24.2 Å². The molecule has 2 aliphatic heterocycles. The number of hydrogen-bond acceptors (Lipinski definition) is 8. The number of hydrogen-bond donors (Lipinski definition) is 1. The van der Waals surface area contributed by atoms with Gasteiger partial charge in [-0.3, -0.25) is 9.59 Å². The number of rotatable bonds is 10. The quantitative estimate of drug-likeness (QED) is 0.427. The van der Waals surface area contributed by atoms with Crippen LogP contribution in [0.25, 0.3) is 11.6 Å². The van der Waals surface area contributed by atoms with Gasteiger partial charge >= 0.3 is 0 Å². The maximum absolute atomic E-state index is 13.8. The molecule has 3 atom stereocenters. The Morgan fingerprint density at radius 1 is 1.11 bits per heavy atom. The molecule has 3 aromatic rings. The molecular formula is C26H31FN6O5. The molecule has 11 nitrogen and oxygen atoms in total. The van der Waals surface area contributed by atoms with E-state index in [0.29, 0.717) is 36.8 Å². The highest BCUT2D eigenvalue weighted by molar-refractivity contribution is 5.88. The lowest BCUT2D eigenvalue weighted by molar-refractivity contribution is -0.143. The fraction of sp³-hybridized carbons (Fsp3) is 0.500. The second-order valence-electron chi connectivity index (χ2n) is 9.57. The van der Waals surface area contributed by atoms with E-state index >= 15 is 0 Å². The van der Waals surface area contributed by atoms with Gasteiger partial charge in [-0.05, 0) is 67.6 Å². The summed E-state index contributed by atoms with van der Waals surface area (Å²) in [6.45, 7) is 3.32. The van der Waals surface area contributed by atoms with Crippen LogP contribution in [0, 0.1) is 12.7 Å². The highest BCUT2D eigenvalue weighted by Crippen LogP contribution is 2.26. The van der Waals surface area contributed by atoms with Gasteiger partial charge in [-0.15, -0.1) is 10.2 Å². The third-order valence-corrected chi connectivity index (χ3v) is 6.71. The van der Waals surface area contributed by atoms with E-state index in [1.165, 1.54) is 34.0 Å². The Morgan fingerprint density at radius 3 is 2.50 bits per heavy atom. The Balaban J connectivity index is 1.40. The van der Waals surface area contributed by atoms with Gasteiger partial charge in [-0.25, -0.2) is 4.39 Å². The van der Waals surface area contributed by atoms with Crippen LogP contribution in [-0.2, 0) is 25.6 Å². The molecule has 202 valence electrons. The highest BCUT2D eigenvalue weighted by atomic mass is 19.1. The topological polar surface area (TPSA) is 125 Å². The molecular weight excluding hydrogens is 495 g/mol. The number of furan rings is 1. The van der Waals surface area contributed by atoms with E-state index < -0.39 is 17.8 Å². The second-order valence-corrected chi connectivity index (χ2v) is 9.57. The number of carbonyl (C=O) groups is 2. The highest BCUT2D eigenvalue weighted by Gasteiger charge is 2.35. The molecule has 2 aromatic heterocycles. The summed E-state index contributed by atoms with van der Waals surface area (Å²) in [7, 11) is 0. The van der Waals surface area contributed by atoms with E-state index in [2.05, 4.69) is 20.7 Å². The number of nitrogens with one attached hydrogen (secondary N) is 1. The van der Waals surface area contributed by atoms with Crippen LogP contribution in [0.5, 0.6) is 0 Å². The molecule has 2 aliphatic rings. The van der Waals surface area contributed by atoms with Crippen LogP contribution in [0.15, 0.2) is 40.8 Å². The number of aromatic nitrogens is 4. The van der Waals surface area contributed by atoms with Crippen LogP contribution >= 0.6 is 0 Å². The average molecular weight is 527 g/mol. The molecule has 12 heteroatoms. The molecule has 1 aromatic carbocycles. The van der Waals surface area contributed by atoms with Crippen molar-refractivity contribution in [2.45, 2.75) is 57.4 Å². The minimum atomic E-state index is -1.01. The fourth-order valence-electron chi connectivity index (χ4n) is 4.77. The first-order chi connectivity index (χ1) is 18.5. The van der Waals surface area contributed by atoms with Crippen molar-refractivity contribution >= 4 is 11.8 Å². The first-order valence-corrected chi connectivity index (χ1v) is 12.9. The minimum Gasteiger partial charge on any atom is -0.458 e. The number of halogens is 1. The van der Waals surface area contributed by atoms with E-state index in [1.807, 2.05) is 0 Å². The zero-order valence-corrected chi connectivity index (χ0v) is 21.2. The third kappa shape index (κ3) is 6.25. The Hall–Kier alpha value is -3.64. The molecule has 0 bridgehead atoms. The number of aryl methyl sites for hydroxylation is 1. The van der Waals surface area contributed by atoms with E-state index in [9.17, 15) is 14.0 Å². The second kappa shape index (κ2) is 11.8. The van der Waals surface area contributed by atoms with Gasteiger partial charge in [-0.2, -0.15) is 4.80 Å². The predicted molar refractivity (Wildman–Crippen MR) is 132 cm³/mol. The van der Waals surface area contributed by atoms with Crippen molar-refractivity contribution in [3.63, 3.8) is 0 Å². The van der Waals surface area contributed by atoms with Crippen LogP contribution in [0.1, 0.15) is 43.0 Å². The molecule has 0 saturated carbocycles. The zero-order valence-electron chi connectivity index (χ0n) is 21.2. The van der Waals surface area contributed by atoms with Crippen LogP contribution in [0.3, 0.4) is 0 Å². The molecule has 4 heterocycles. The first kappa shape index (κ1) is 26.0. The van der Waals surface area contributed by atoms with Gasteiger partial charge in [0, 0.05) is 26.3 Å². The number of ether oxygens (including phenoxy) is 2. The maximum Gasteiger partial charge on any atom is 0.247 e. The lowest BCUT2D eigenvalue weighted by Gasteiger charge is -2.33. The van der Waals surface area contributed by atoms with Gasteiger partial charge in [-0.1, -0.05) is 12.1 Å². The molecule has 0 aliphatic carbocycles. The van der Waals surface area contributed by atoms with Gasteiger partial charge < -0.3 is 24.1 Å². The average Bonchev–Trinajstić information content (AvgIpc) is 3.72. The van der Waals surface area contributed by atoms with Crippen LogP contribution in [0.4, 0.5) is 4.39 Å². The third-order valence-electron chi connectivity index (χ3n) is 6.71. The Labute approximate surface area is 219 Å². The number of carbonyl (C=O) groups excluding carboxylic acids is 2. The normalized spacial score (nSPS) is 19.9.